The first kappa shape index (κ1) is 16.5. The zero-order valence-electron chi connectivity index (χ0n) is 13.8. The van der Waals surface area contributed by atoms with Gasteiger partial charge in [-0.3, -0.25) is 4.79 Å². The van der Waals surface area contributed by atoms with Gasteiger partial charge in [0.1, 0.15) is 11.5 Å². The standard InChI is InChI=1S/C18H17N3O4/c1-11-3-8-15-14(9-11)17(18(23)19-15)21-20-16(22)10-25-13-6-4-12(24-2)5-7-13/h3-9,19,23H,10H2,1-2H3. The molecule has 0 atom stereocenters. The SMILES string of the molecule is COc1ccc(OCC(=O)N=Nc2c(O)[nH]c3ccc(C)cc23)cc1. The van der Waals surface area contributed by atoms with Crippen molar-refractivity contribution in [2.75, 3.05) is 13.7 Å². The number of methoxy groups -OCH3 is 1. The molecule has 128 valence electrons. The number of carbonyl (C=O) groups is 1. The topological polar surface area (TPSA) is 96.3 Å². The van der Waals surface area contributed by atoms with Gasteiger partial charge in [-0.15, -0.1) is 10.2 Å². The number of rotatable bonds is 5. The number of ether oxygens (including phenoxy) is 2. The molecule has 1 amide bonds. The van der Waals surface area contributed by atoms with Gasteiger partial charge >= 0.3 is 5.91 Å². The fourth-order valence-electron chi connectivity index (χ4n) is 2.33. The van der Waals surface area contributed by atoms with Crippen molar-refractivity contribution < 1.29 is 19.4 Å². The molecule has 3 rings (SSSR count). The minimum Gasteiger partial charge on any atom is -0.497 e. The molecular formula is C18H17N3O4. The molecule has 2 N–H and O–H groups in total. The molecular weight excluding hydrogens is 322 g/mol. The Hall–Kier alpha value is -3.35. The number of azo groups is 1. The van der Waals surface area contributed by atoms with Gasteiger partial charge < -0.3 is 19.6 Å². The first-order valence-corrected chi connectivity index (χ1v) is 7.59. The number of aromatic amines is 1. The van der Waals surface area contributed by atoms with Gasteiger partial charge in [0, 0.05) is 5.39 Å². The summed E-state index contributed by atoms with van der Waals surface area (Å²) in [4.78, 5) is 14.6. The van der Waals surface area contributed by atoms with E-state index in [1.165, 1.54) is 0 Å². The fraction of sp³-hybridized carbons (Fsp3) is 0.167. The Kier molecular flexibility index (Phi) is 4.65. The van der Waals surface area contributed by atoms with E-state index in [1.807, 2.05) is 25.1 Å². The van der Waals surface area contributed by atoms with Crippen molar-refractivity contribution in [3.8, 4) is 17.4 Å². The molecule has 0 aliphatic rings. The molecule has 0 spiro atoms. The van der Waals surface area contributed by atoms with Crippen LogP contribution in [-0.4, -0.2) is 29.7 Å². The Balaban J connectivity index is 1.68. The van der Waals surface area contributed by atoms with E-state index in [0.717, 1.165) is 11.1 Å². The summed E-state index contributed by atoms with van der Waals surface area (Å²) in [5.41, 5.74) is 1.97. The number of aromatic hydroxyl groups is 1. The molecule has 0 aliphatic carbocycles. The van der Waals surface area contributed by atoms with Gasteiger partial charge in [-0.2, -0.15) is 0 Å². The molecule has 0 radical (unpaired) electrons. The Morgan fingerprint density at radius 2 is 1.88 bits per heavy atom. The van der Waals surface area contributed by atoms with Gasteiger partial charge in [0.05, 0.1) is 12.6 Å². The lowest BCUT2D eigenvalue weighted by atomic mass is 10.2. The first-order chi connectivity index (χ1) is 12.1. The Labute approximate surface area is 143 Å². The molecule has 0 aliphatic heterocycles. The number of aryl methyl sites for hydroxylation is 1. The predicted octanol–water partition coefficient (Wildman–Crippen LogP) is 3.88. The van der Waals surface area contributed by atoms with Crippen LogP contribution in [-0.2, 0) is 4.79 Å². The van der Waals surface area contributed by atoms with Crippen molar-refractivity contribution in [3.05, 3.63) is 48.0 Å². The van der Waals surface area contributed by atoms with Crippen molar-refractivity contribution in [2.24, 2.45) is 10.2 Å². The highest BCUT2D eigenvalue weighted by Gasteiger charge is 2.11. The van der Waals surface area contributed by atoms with Gasteiger partial charge in [-0.25, -0.2) is 0 Å². The van der Waals surface area contributed by atoms with Gasteiger partial charge in [0.2, 0.25) is 5.88 Å². The van der Waals surface area contributed by atoms with Gasteiger partial charge in [-0.1, -0.05) is 11.6 Å². The molecule has 2 aromatic carbocycles. The van der Waals surface area contributed by atoms with E-state index in [2.05, 4.69) is 15.2 Å². The number of benzene rings is 2. The van der Waals surface area contributed by atoms with Crippen LogP contribution in [0.1, 0.15) is 5.56 Å². The fourth-order valence-corrected chi connectivity index (χ4v) is 2.33. The largest absolute Gasteiger partial charge is 0.497 e. The summed E-state index contributed by atoms with van der Waals surface area (Å²) in [7, 11) is 1.57. The predicted molar refractivity (Wildman–Crippen MR) is 92.7 cm³/mol. The number of amides is 1. The second kappa shape index (κ2) is 7.04. The van der Waals surface area contributed by atoms with E-state index in [4.69, 9.17) is 9.47 Å². The lowest BCUT2D eigenvalue weighted by Crippen LogP contribution is -2.07. The number of hydrogen-bond donors (Lipinski definition) is 2. The maximum absolute atomic E-state index is 11.8. The van der Waals surface area contributed by atoms with Crippen LogP contribution in [0.15, 0.2) is 52.7 Å². The number of nitrogens with zero attached hydrogens (tertiary/aromatic N) is 2. The van der Waals surface area contributed by atoms with Crippen LogP contribution in [0.4, 0.5) is 5.69 Å². The molecule has 0 saturated carbocycles. The van der Waals surface area contributed by atoms with Crippen molar-refractivity contribution in [3.63, 3.8) is 0 Å². The lowest BCUT2D eigenvalue weighted by molar-refractivity contribution is -0.120. The molecule has 25 heavy (non-hydrogen) atoms. The number of nitrogens with one attached hydrogen (secondary N) is 1. The van der Waals surface area contributed by atoms with Crippen molar-refractivity contribution in [1.29, 1.82) is 0 Å². The summed E-state index contributed by atoms with van der Waals surface area (Å²) in [5.74, 6) is 0.531. The summed E-state index contributed by atoms with van der Waals surface area (Å²) in [6.45, 7) is 1.68. The highest BCUT2D eigenvalue weighted by atomic mass is 16.5. The summed E-state index contributed by atoms with van der Waals surface area (Å²) in [6, 6.07) is 12.4. The van der Waals surface area contributed by atoms with Gasteiger partial charge in [-0.05, 0) is 43.3 Å². The van der Waals surface area contributed by atoms with Crippen molar-refractivity contribution in [2.45, 2.75) is 6.92 Å². The van der Waals surface area contributed by atoms with Crippen LogP contribution >= 0.6 is 0 Å². The van der Waals surface area contributed by atoms with E-state index < -0.39 is 5.91 Å². The highest BCUT2D eigenvalue weighted by molar-refractivity contribution is 5.94. The molecule has 0 saturated heterocycles. The third kappa shape index (κ3) is 3.77. The number of aromatic nitrogens is 1. The number of hydrogen-bond acceptors (Lipinski definition) is 5. The molecule has 7 nitrogen and oxygen atoms in total. The number of fused-ring (bicyclic) bond motifs is 1. The summed E-state index contributed by atoms with van der Waals surface area (Å²) in [5, 5.41) is 18.1. The zero-order chi connectivity index (χ0) is 17.8. The van der Waals surface area contributed by atoms with E-state index in [-0.39, 0.29) is 18.2 Å². The third-order valence-corrected chi connectivity index (χ3v) is 3.59. The summed E-state index contributed by atoms with van der Waals surface area (Å²) < 4.78 is 10.4. The Bertz CT molecular complexity index is 929. The summed E-state index contributed by atoms with van der Waals surface area (Å²) in [6.07, 6.45) is 0. The second-order valence-corrected chi connectivity index (χ2v) is 5.43. The highest BCUT2D eigenvalue weighted by Crippen LogP contribution is 2.35. The second-order valence-electron chi connectivity index (χ2n) is 5.43. The third-order valence-electron chi connectivity index (χ3n) is 3.59. The molecule has 0 unspecified atom stereocenters. The van der Waals surface area contributed by atoms with E-state index in [0.29, 0.717) is 16.9 Å². The minimum absolute atomic E-state index is 0.131. The van der Waals surface area contributed by atoms with Crippen LogP contribution < -0.4 is 9.47 Å². The molecule has 3 aromatic rings. The average molecular weight is 339 g/mol. The summed E-state index contributed by atoms with van der Waals surface area (Å²) >= 11 is 0. The monoisotopic (exact) mass is 339 g/mol. The van der Waals surface area contributed by atoms with E-state index in [1.54, 1.807) is 31.4 Å². The lowest BCUT2D eigenvalue weighted by Gasteiger charge is -2.04. The van der Waals surface area contributed by atoms with E-state index in [9.17, 15) is 9.90 Å². The molecule has 1 aromatic heterocycles. The van der Waals surface area contributed by atoms with Crippen molar-refractivity contribution in [1.82, 2.24) is 4.98 Å². The molecule has 7 heteroatoms. The van der Waals surface area contributed by atoms with E-state index >= 15 is 0 Å². The minimum atomic E-state index is -0.558. The van der Waals surface area contributed by atoms with Gasteiger partial charge in [0.15, 0.2) is 12.3 Å². The van der Waals surface area contributed by atoms with Crippen LogP contribution in [0.5, 0.6) is 17.4 Å². The van der Waals surface area contributed by atoms with Crippen LogP contribution in [0.2, 0.25) is 0 Å². The van der Waals surface area contributed by atoms with Crippen LogP contribution in [0.25, 0.3) is 10.9 Å². The first-order valence-electron chi connectivity index (χ1n) is 7.59. The maximum Gasteiger partial charge on any atom is 0.302 e. The average Bonchev–Trinajstić information content (AvgIpc) is 2.93. The maximum atomic E-state index is 11.8. The normalized spacial score (nSPS) is 11.1. The molecule has 0 fully saturated rings. The quantitative estimate of drug-likeness (QED) is 0.689. The smallest absolute Gasteiger partial charge is 0.302 e. The Morgan fingerprint density at radius 3 is 2.60 bits per heavy atom. The van der Waals surface area contributed by atoms with Crippen molar-refractivity contribution >= 4 is 22.5 Å². The number of carbonyl (C=O) groups excluding carboxylic acids is 1. The molecule has 1 heterocycles. The van der Waals surface area contributed by atoms with Gasteiger partial charge in [0.25, 0.3) is 0 Å². The van der Waals surface area contributed by atoms with Crippen LogP contribution in [0, 0.1) is 6.92 Å². The molecule has 0 bridgehead atoms. The zero-order valence-corrected chi connectivity index (χ0v) is 13.8. The van der Waals surface area contributed by atoms with Crippen LogP contribution in [0.3, 0.4) is 0 Å². The Morgan fingerprint density at radius 1 is 1.16 bits per heavy atom. The number of H-pyrrole nitrogens is 1.